The van der Waals surface area contributed by atoms with Gasteiger partial charge in [0.15, 0.2) is 0 Å². The average molecular weight is 215 g/mol. The quantitative estimate of drug-likeness (QED) is 0.851. The van der Waals surface area contributed by atoms with Gasteiger partial charge in [0.1, 0.15) is 0 Å². The van der Waals surface area contributed by atoms with Crippen LogP contribution in [0.4, 0.5) is 0 Å². The van der Waals surface area contributed by atoms with Crippen molar-refractivity contribution in [1.82, 2.24) is 15.3 Å². The lowest BCUT2D eigenvalue weighted by atomic mass is 10.1. The molecule has 3 heteroatoms. The SMILES string of the molecule is CCC(C)NCc1ccc2nccnc2c1. The fourth-order valence-corrected chi connectivity index (χ4v) is 1.56. The van der Waals surface area contributed by atoms with Crippen LogP contribution in [0.1, 0.15) is 25.8 Å². The van der Waals surface area contributed by atoms with E-state index < -0.39 is 0 Å². The lowest BCUT2D eigenvalue weighted by molar-refractivity contribution is 0.534. The smallest absolute Gasteiger partial charge is 0.0890 e. The highest BCUT2D eigenvalue weighted by Crippen LogP contribution is 2.10. The first-order valence-electron chi connectivity index (χ1n) is 5.72. The molecule has 1 unspecified atom stereocenters. The Hall–Kier alpha value is -1.48. The molecule has 0 aliphatic rings. The first kappa shape index (κ1) is 11.0. The fraction of sp³-hybridized carbons (Fsp3) is 0.385. The van der Waals surface area contributed by atoms with E-state index in [9.17, 15) is 0 Å². The van der Waals surface area contributed by atoms with Gasteiger partial charge in [-0.05, 0) is 31.0 Å². The third-order valence-corrected chi connectivity index (χ3v) is 2.80. The van der Waals surface area contributed by atoms with Crippen molar-refractivity contribution in [3.05, 3.63) is 36.2 Å². The van der Waals surface area contributed by atoms with Gasteiger partial charge in [0.25, 0.3) is 0 Å². The Morgan fingerprint density at radius 2 is 1.94 bits per heavy atom. The molecule has 0 aliphatic heterocycles. The summed E-state index contributed by atoms with van der Waals surface area (Å²) in [6, 6.07) is 6.78. The maximum Gasteiger partial charge on any atom is 0.0890 e. The number of hydrogen-bond acceptors (Lipinski definition) is 3. The van der Waals surface area contributed by atoms with Crippen LogP contribution in [0.15, 0.2) is 30.6 Å². The summed E-state index contributed by atoms with van der Waals surface area (Å²) in [4.78, 5) is 8.55. The van der Waals surface area contributed by atoms with Gasteiger partial charge in [0, 0.05) is 25.0 Å². The lowest BCUT2D eigenvalue weighted by Gasteiger charge is -2.11. The van der Waals surface area contributed by atoms with Crippen molar-refractivity contribution in [3.63, 3.8) is 0 Å². The monoisotopic (exact) mass is 215 g/mol. The highest BCUT2D eigenvalue weighted by atomic mass is 14.9. The third kappa shape index (κ3) is 2.55. The fourth-order valence-electron chi connectivity index (χ4n) is 1.56. The summed E-state index contributed by atoms with van der Waals surface area (Å²) in [5.74, 6) is 0. The van der Waals surface area contributed by atoms with Gasteiger partial charge in [-0.3, -0.25) is 9.97 Å². The number of fused-ring (bicyclic) bond motifs is 1. The molecule has 2 rings (SSSR count). The zero-order valence-corrected chi connectivity index (χ0v) is 9.77. The molecule has 0 fully saturated rings. The van der Waals surface area contributed by atoms with Gasteiger partial charge in [0.2, 0.25) is 0 Å². The van der Waals surface area contributed by atoms with E-state index in [-0.39, 0.29) is 0 Å². The molecule has 2 aromatic rings. The van der Waals surface area contributed by atoms with Gasteiger partial charge in [0.05, 0.1) is 11.0 Å². The summed E-state index contributed by atoms with van der Waals surface area (Å²) in [6.07, 6.45) is 4.60. The molecule has 0 spiro atoms. The lowest BCUT2D eigenvalue weighted by Crippen LogP contribution is -2.24. The molecule has 1 aromatic carbocycles. The Morgan fingerprint density at radius 1 is 1.19 bits per heavy atom. The molecule has 1 heterocycles. The van der Waals surface area contributed by atoms with E-state index in [2.05, 4.69) is 41.3 Å². The second-order valence-corrected chi connectivity index (χ2v) is 4.07. The molecule has 1 atom stereocenters. The van der Waals surface area contributed by atoms with E-state index in [4.69, 9.17) is 0 Å². The van der Waals surface area contributed by atoms with E-state index in [0.29, 0.717) is 6.04 Å². The predicted octanol–water partition coefficient (Wildman–Crippen LogP) is 2.52. The Balaban J connectivity index is 2.13. The average Bonchev–Trinajstić information content (AvgIpc) is 2.35. The summed E-state index contributed by atoms with van der Waals surface area (Å²) in [7, 11) is 0. The second-order valence-electron chi connectivity index (χ2n) is 4.07. The van der Waals surface area contributed by atoms with Crippen LogP contribution in [0.3, 0.4) is 0 Å². The summed E-state index contributed by atoms with van der Waals surface area (Å²) in [6.45, 7) is 5.27. The molecular weight excluding hydrogens is 198 g/mol. The van der Waals surface area contributed by atoms with E-state index in [1.165, 1.54) is 5.56 Å². The molecule has 0 saturated carbocycles. The third-order valence-electron chi connectivity index (χ3n) is 2.80. The number of nitrogens with one attached hydrogen (secondary N) is 1. The van der Waals surface area contributed by atoms with Gasteiger partial charge >= 0.3 is 0 Å². The highest BCUT2D eigenvalue weighted by Gasteiger charge is 2.00. The van der Waals surface area contributed by atoms with Crippen molar-refractivity contribution in [2.45, 2.75) is 32.9 Å². The Morgan fingerprint density at radius 3 is 2.69 bits per heavy atom. The molecule has 0 amide bonds. The van der Waals surface area contributed by atoms with E-state index in [1.54, 1.807) is 12.4 Å². The maximum absolute atomic E-state index is 4.30. The summed E-state index contributed by atoms with van der Waals surface area (Å²) in [5, 5.41) is 3.47. The summed E-state index contributed by atoms with van der Waals surface area (Å²) in [5.41, 5.74) is 3.18. The largest absolute Gasteiger partial charge is 0.310 e. The summed E-state index contributed by atoms with van der Waals surface area (Å²) < 4.78 is 0. The molecule has 16 heavy (non-hydrogen) atoms. The minimum absolute atomic E-state index is 0.553. The van der Waals surface area contributed by atoms with Gasteiger partial charge in [-0.25, -0.2) is 0 Å². The van der Waals surface area contributed by atoms with E-state index in [1.807, 2.05) is 6.07 Å². The number of hydrogen-bond donors (Lipinski definition) is 1. The Bertz CT molecular complexity index is 467. The number of benzene rings is 1. The Kier molecular flexibility index (Phi) is 3.47. The zero-order valence-electron chi connectivity index (χ0n) is 9.77. The first-order chi connectivity index (χ1) is 7.79. The number of rotatable bonds is 4. The standard InChI is InChI=1S/C13H17N3/c1-3-10(2)16-9-11-4-5-12-13(8-11)15-7-6-14-12/h4-8,10,16H,3,9H2,1-2H3. The van der Waals surface area contributed by atoms with Gasteiger partial charge in [-0.2, -0.15) is 0 Å². The molecule has 1 aromatic heterocycles. The number of nitrogens with zero attached hydrogens (tertiary/aromatic N) is 2. The zero-order chi connectivity index (χ0) is 11.4. The van der Waals surface area contributed by atoms with Crippen LogP contribution in [0.25, 0.3) is 11.0 Å². The molecule has 3 nitrogen and oxygen atoms in total. The van der Waals surface area contributed by atoms with Crippen LogP contribution in [0, 0.1) is 0 Å². The van der Waals surface area contributed by atoms with Crippen LogP contribution in [-0.4, -0.2) is 16.0 Å². The highest BCUT2D eigenvalue weighted by molar-refractivity contribution is 5.74. The minimum atomic E-state index is 0.553. The molecule has 84 valence electrons. The Labute approximate surface area is 95.9 Å². The van der Waals surface area contributed by atoms with Crippen LogP contribution >= 0.6 is 0 Å². The van der Waals surface area contributed by atoms with Crippen molar-refractivity contribution in [2.24, 2.45) is 0 Å². The molecular formula is C13H17N3. The second kappa shape index (κ2) is 5.03. The minimum Gasteiger partial charge on any atom is -0.310 e. The van der Waals surface area contributed by atoms with Crippen molar-refractivity contribution in [3.8, 4) is 0 Å². The van der Waals surface area contributed by atoms with Gasteiger partial charge in [-0.15, -0.1) is 0 Å². The van der Waals surface area contributed by atoms with Crippen LogP contribution in [0.2, 0.25) is 0 Å². The van der Waals surface area contributed by atoms with Crippen LogP contribution in [-0.2, 0) is 6.54 Å². The molecule has 0 saturated heterocycles. The normalized spacial score (nSPS) is 12.9. The van der Waals surface area contributed by atoms with E-state index in [0.717, 1.165) is 24.0 Å². The molecule has 0 radical (unpaired) electrons. The van der Waals surface area contributed by atoms with Gasteiger partial charge in [-0.1, -0.05) is 13.0 Å². The summed E-state index contributed by atoms with van der Waals surface area (Å²) >= 11 is 0. The predicted molar refractivity (Wildman–Crippen MR) is 66.1 cm³/mol. The first-order valence-corrected chi connectivity index (χ1v) is 5.72. The molecule has 0 bridgehead atoms. The molecule has 1 N–H and O–H groups in total. The van der Waals surface area contributed by atoms with Crippen molar-refractivity contribution < 1.29 is 0 Å². The van der Waals surface area contributed by atoms with Crippen molar-refractivity contribution in [2.75, 3.05) is 0 Å². The topological polar surface area (TPSA) is 37.8 Å². The van der Waals surface area contributed by atoms with E-state index >= 15 is 0 Å². The van der Waals surface area contributed by atoms with Gasteiger partial charge < -0.3 is 5.32 Å². The van der Waals surface area contributed by atoms with Crippen molar-refractivity contribution in [1.29, 1.82) is 0 Å². The van der Waals surface area contributed by atoms with Crippen molar-refractivity contribution >= 4 is 11.0 Å². The number of aromatic nitrogens is 2. The van der Waals surface area contributed by atoms with Crippen LogP contribution in [0.5, 0.6) is 0 Å². The van der Waals surface area contributed by atoms with Crippen LogP contribution < -0.4 is 5.32 Å². The maximum atomic E-state index is 4.30. The molecule has 0 aliphatic carbocycles.